The van der Waals surface area contributed by atoms with Crippen LogP contribution in [-0.2, 0) is 22.5 Å². The van der Waals surface area contributed by atoms with Crippen molar-refractivity contribution in [2.75, 3.05) is 33.4 Å². The summed E-state index contributed by atoms with van der Waals surface area (Å²) in [6.45, 7) is 3.36. The zero-order valence-corrected chi connectivity index (χ0v) is 11.9. The number of nitrogens with one attached hydrogen (secondary N) is 2. The van der Waals surface area contributed by atoms with Crippen molar-refractivity contribution in [2.24, 2.45) is 0 Å². The van der Waals surface area contributed by atoms with Crippen molar-refractivity contribution in [2.45, 2.75) is 19.4 Å². The van der Waals surface area contributed by atoms with E-state index in [-0.39, 0.29) is 5.91 Å². The lowest BCUT2D eigenvalue weighted by molar-refractivity contribution is -0.121. The minimum Gasteiger partial charge on any atom is -0.493 e. The van der Waals surface area contributed by atoms with E-state index >= 15 is 0 Å². The molecule has 0 bridgehead atoms. The van der Waals surface area contributed by atoms with Gasteiger partial charge in [-0.15, -0.1) is 0 Å². The normalized spacial score (nSPS) is 12.8. The van der Waals surface area contributed by atoms with E-state index in [0.717, 1.165) is 25.3 Å². The Hall–Kier alpha value is -1.59. The maximum atomic E-state index is 11.5. The third-order valence-electron chi connectivity index (χ3n) is 3.24. The summed E-state index contributed by atoms with van der Waals surface area (Å²) in [6, 6.07) is 6.26. The number of hydrogen-bond donors (Lipinski definition) is 2. The predicted molar refractivity (Wildman–Crippen MR) is 76.9 cm³/mol. The highest BCUT2D eigenvalue weighted by Gasteiger charge is 2.11. The third kappa shape index (κ3) is 4.51. The van der Waals surface area contributed by atoms with Crippen LogP contribution in [0.4, 0.5) is 0 Å². The lowest BCUT2D eigenvalue weighted by Crippen LogP contribution is -2.29. The molecule has 1 aliphatic rings. The fourth-order valence-electron chi connectivity index (χ4n) is 2.17. The topological polar surface area (TPSA) is 59.6 Å². The quantitative estimate of drug-likeness (QED) is 0.693. The zero-order chi connectivity index (χ0) is 14.2. The van der Waals surface area contributed by atoms with E-state index < -0.39 is 0 Å². The van der Waals surface area contributed by atoms with E-state index in [1.807, 2.05) is 6.07 Å². The monoisotopic (exact) mass is 278 g/mol. The van der Waals surface area contributed by atoms with Crippen molar-refractivity contribution in [3.05, 3.63) is 29.3 Å². The molecule has 0 unspecified atom stereocenters. The summed E-state index contributed by atoms with van der Waals surface area (Å²) < 4.78 is 10.3. The van der Waals surface area contributed by atoms with Gasteiger partial charge in [0, 0.05) is 39.6 Å². The molecular formula is C15H22N2O3. The van der Waals surface area contributed by atoms with Crippen LogP contribution in [0, 0.1) is 0 Å². The molecule has 1 aliphatic heterocycles. The molecule has 110 valence electrons. The van der Waals surface area contributed by atoms with E-state index in [1.54, 1.807) is 7.11 Å². The van der Waals surface area contributed by atoms with Crippen molar-refractivity contribution < 1.29 is 14.3 Å². The van der Waals surface area contributed by atoms with Crippen LogP contribution in [0.25, 0.3) is 0 Å². The zero-order valence-electron chi connectivity index (χ0n) is 11.9. The molecule has 0 fully saturated rings. The van der Waals surface area contributed by atoms with Crippen molar-refractivity contribution in [1.82, 2.24) is 10.6 Å². The van der Waals surface area contributed by atoms with Crippen LogP contribution in [0.5, 0.6) is 5.75 Å². The van der Waals surface area contributed by atoms with Gasteiger partial charge in [0.05, 0.1) is 13.2 Å². The highest BCUT2D eigenvalue weighted by molar-refractivity contribution is 5.76. The first-order chi connectivity index (χ1) is 9.79. The Kier molecular flexibility index (Phi) is 5.83. The minimum absolute atomic E-state index is 0.0527. The molecule has 0 saturated carbocycles. The van der Waals surface area contributed by atoms with E-state index in [4.69, 9.17) is 9.47 Å². The van der Waals surface area contributed by atoms with Gasteiger partial charge in [0.2, 0.25) is 5.91 Å². The molecule has 0 aromatic heterocycles. The smallest absolute Gasteiger partial charge is 0.221 e. The highest BCUT2D eigenvalue weighted by atomic mass is 16.5. The Morgan fingerprint density at radius 3 is 3.15 bits per heavy atom. The van der Waals surface area contributed by atoms with Crippen LogP contribution in [0.2, 0.25) is 0 Å². The van der Waals surface area contributed by atoms with E-state index in [9.17, 15) is 4.79 Å². The van der Waals surface area contributed by atoms with Crippen LogP contribution in [-0.4, -0.2) is 39.3 Å². The lowest BCUT2D eigenvalue weighted by atomic mass is 10.1. The molecule has 1 heterocycles. The van der Waals surface area contributed by atoms with E-state index in [1.165, 1.54) is 11.1 Å². The number of amides is 1. The van der Waals surface area contributed by atoms with Gasteiger partial charge < -0.3 is 20.1 Å². The fourth-order valence-corrected chi connectivity index (χ4v) is 2.17. The molecule has 0 saturated heterocycles. The van der Waals surface area contributed by atoms with Gasteiger partial charge in [-0.3, -0.25) is 4.79 Å². The molecule has 0 aliphatic carbocycles. The van der Waals surface area contributed by atoms with Crippen LogP contribution in [0.15, 0.2) is 18.2 Å². The number of carbonyl (C=O) groups is 1. The van der Waals surface area contributed by atoms with Gasteiger partial charge in [0.15, 0.2) is 0 Å². The first-order valence-corrected chi connectivity index (χ1v) is 7.00. The van der Waals surface area contributed by atoms with Crippen LogP contribution in [0.3, 0.4) is 0 Å². The predicted octanol–water partition coefficient (Wildman–Crippen LogP) is 0.864. The van der Waals surface area contributed by atoms with E-state index in [2.05, 4.69) is 22.8 Å². The first-order valence-electron chi connectivity index (χ1n) is 7.00. The Labute approximate surface area is 119 Å². The maximum Gasteiger partial charge on any atom is 0.221 e. The molecule has 5 heteroatoms. The summed E-state index contributed by atoms with van der Waals surface area (Å²) in [4.78, 5) is 11.5. The van der Waals surface area contributed by atoms with Crippen molar-refractivity contribution in [3.8, 4) is 5.75 Å². The van der Waals surface area contributed by atoms with Crippen LogP contribution >= 0.6 is 0 Å². The van der Waals surface area contributed by atoms with Gasteiger partial charge in [-0.25, -0.2) is 0 Å². The molecule has 1 amide bonds. The molecule has 0 radical (unpaired) electrons. The van der Waals surface area contributed by atoms with E-state index in [0.29, 0.717) is 26.1 Å². The Balaban J connectivity index is 1.62. The molecule has 0 spiro atoms. The summed E-state index contributed by atoms with van der Waals surface area (Å²) in [5.41, 5.74) is 2.51. The van der Waals surface area contributed by atoms with Crippen molar-refractivity contribution >= 4 is 5.91 Å². The fraction of sp³-hybridized carbons (Fsp3) is 0.533. The lowest BCUT2D eigenvalue weighted by Gasteiger charge is -2.07. The average Bonchev–Trinajstić information content (AvgIpc) is 2.91. The molecule has 1 aromatic carbocycles. The second-order valence-corrected chi connectivity index (χ2v) is 4.81. The number of hydrogen-bond acceptors (Lipinski definition) is 4. The largest absolute Gasteiger partial charge is 0.493 e. The SMILES string of the molecule is COCCNC(=O)CCNCc1ccc2c(c1)CCO2. The van der Waals surface area contributed by atoms with Gasteiger partial charge in [-0.2, -0.15) is 0 Å². The molecule has 5 nitrogen and oxygen atoms in total. The molecule has 0 atom stereocenters. The highest BCUT2D eigenvalue weighted by Crippen LogP contribution is 2.25. The Bertz CT molecular complexity index is 449. The third-order valence-corrected chi connectivity index (χ3v) is 3.24. The van der Waals surface area contributed by atoms with Gasteiger partial charge in [0.25, 0.3) is 0 Å². The average molecular weight is 278 g/mol. The number of ether oxygens (including phenoxy) is 2. The van der Waals surface area contributed by atoms with Crippen LogP contribution < -0.4 is 15.4 Å². The number of methoxy groups -OCH3 is 1. The summed E-state index contributed by atoms with van der Waals surface area (Å²) in [5, 5.41) is 6.08. The van der Waals surface area contributed by atoms with Gasteiger partial charge in [0.1, 0.15) is 5.75 Å². The van der Waals surface area contributed by atoms with Gasteiger partial charge >= 0.3 is 0 Å². The Morgan fingerprint density at radius 2 is 2.30 bits per heavy atom. The molecule has 20 heavy (non-hydrogen) atoms. The van der Waals surface area contributed by atoms with Gasteiger partial charge in [-0.05, 0) is 17.2 Å². The molecule has 1 aromatic rings. The second kappa shape index (κ2) is 7.87. The molecular weight excluding hydrogens is 256 g/mol. The van der Waals surface area contributed by atoms with Crippen molar-refractivity contribution in [1.29, 1.82) is 0 Å². The molecule has 2 rings (SSSR count). The summed E-state index contributed by atoms with van der Waals surface area (Å²) in [5.74, 6) is 1.06. The standard InChI is InChI=1S/C15H22N2O3/c1-19-9-7-17-15(18)4-6-16-11-12-2-3-14-13(10-12)5-8-20-14/h2-3,10,16H,4-9,11H2,1H3,(H,17,18). The van der Waals surface area contributed by atoms with Gasteiger partial charge in [-0.1, -0.05) is 12.1 Å². The summed E-state index contributed by atoms with van der Waals surface area (Å²) in [6.07, 6.45) is 1.48. The number of carbonyl (C=O) groups excluding carboxylic acids is 1. The van der Waals surface area contributed by atoms with Crippen molar-refractivity contribution in [3.63, 3.8) is 0 Å². The molecule has 2 N–H and O–H groups in total. The number of rotatable bonds is 8. The first kappa shape index (κ1) is 14.8. The summed E-state index contributed by atoms with van der Waals surface area (Å²) in [7, 11) is 1.62. The maximum absolute atomic E-state index is 11.5. The minimum atomic E-state index is 0.0527. The summed E-state index contributed by atoms with van der Waals surface area (Å²) >= 11 is 0. The number of benzene rings is 1. The van der Waals surface area contributed by atoms with Crippen LogP contribution in [0.1, 0.15) is 17.5 Å². The second-order valence-electron chi connectivity index (χ2n) is 4.81. The Morgan fingerprint density at radius 1 is 1.40 bits per heavy atom. The number of fused-ring (bicyclic) bond motifs is 1.